The fourth-order valence-electron chi connectivity index (χ4n) is 2.05. The van der Waals surface area contributed by atoms with Crippen molar-refractivity contribution >= 4 is 5.82 Å². The van der Waals surface area contributed by atoms with E-state index >= 15 is 0 Å². The van der Waals surface area contributed by atoms with Gasteiger partial charge in [-0.25, -0.2) is 4.98 Å². The second kappa shape index (κ2) is 6.15. The molecule has 0 unspecified atom stereocenters. The van der Waals surface area contributed by atoms with E-state index in [9.17, 15) is 0 Å². The van der Waals surface area contributed by atoms with Gasteiger partial charge in [0.25, 0.3) is 5.89 Å². The summed E-state index contributed by atoms with van der Waals surface area (Å²) in [7, 11) is 1.91. The zero-order chi connectivity index (χ0) is 16.4. The monoisotopic (exact) mass is 314 g/mol. The minimum absolute atomic E-state index is 0.220. The number of hydrogen-bond acceptors (Lipinski definition) is 8. The molecule has 3 rings (SSSR count). The van der Waals surface area contributed by atoms with Gasteiger partial charge in [0, 0.05) is 31.6 Å². The highest BCUT2D eigenvalue weighted by atomic mass is 16.5. The van der Waals surface area contributed by atoms with Crippen LogP contribution in [0.15, 0.2) is 27.4 Å². The van der Waals surface area contributed by atoms with Crippen molar-refractivity contribution in [3.8, 4) is 11.5 Å². The van der Waals surface area contributed by atoms with Crippen molar-refractivity contribution in [2.24, 2.45) is 0 Å². The van der Waals surface area contributed by atoms with E-state index in [0.717, 1.165) is 11.4 Å². The molecule has 0 amide bonds. The van der Waals surface area contributed by atoms with Gasteiger partial charge >= 0.3 is 0 Å². The topological polar surface area (TPSA) is 94.0 Å². The first kappa shape index (κ1) is 15.1. The van der Waals surface area contributed by atoms with Gasteiger partial charge in [0.15, 0.2) is 11.6 Å². The first-order valence-electron chi connectivity index (χ1n) is 7.33. The second-order valence-electron chi connectivity index (χ2n) is 5.60. The van der Waals surface area contributed by atoms with Crippen LogP contribution in [0.1, 0.15) is 37.3 Å². The number of hydrogen-bond donors (Lipinski definition) is 0. The van der Waals surface area contributed by atoms with Crippen LogP contribution in [0.3, 0.4) is 0 Å². The summed E-state index contributed by atoms with van der Waals surface area (Å²) >= 11 is 0. The van der Waals surface area contributed by atoms with E-state index in [-0.39, 0.29) is 5.92 Å². The van der Waals surface area contributed by atoms with Crippen molar-refractivity contribution in [2.45, 2.75) is 33.2 Å². The standard InChI is InChI=1S/C15H18N6O2/c1-9(2)14-18-15(23-20-14)11-5-6-16-13(7-11)21(4)8-12-17-10(3)22-19-12/h5-7,9H,8H2,1-4H3. The Morgan fingerprint density at radius 2 is 2.00 bits per heavy atom. The van der Waals surface area contributed by atoms with Gasteiger partial charge in [0.2, 0.25) is 5.89 Å². The molecular weight excluding hydrogens is 296 g/mol. The number of rotatable bonds is 5. The van der Waals surface area contributed by atoms with E-state index in [1.165, 1.54) is 0 Å². The van der Waals surface area contributed by atoms with Gasteiger partial charge in [-0.15, -0.1) is 0 Å². The van der Waals surface area contributed by atoms with Crippen molar-refractivity contribution in [1.29, 1.82) is 0 Å². The van der Waals surface area contributed by atoms with Crippen LogP contribution in [0, 0.1) is 6.92 Å². The Labute approximate surface area is 133 Å². The van der Waals surface area contributed by atoms with E-state index in [0.29, 0.717) is 30.0 Å². The molecule has 0 radical (unpaired) electrons. The second-order valence-corrected chi connectivity index (χ2v) is 5.60. The largest absolute Gasteiger partial charge is 0.352 e. The lowest BCUT2D eigenvalue weighted by molar-refractivity contribution is 0.387. The summed E-state index contributed by atoms with van der Waals surface area (Å²) in [6.45, 7) is 6.30. The highest BCUT2D eigenvalue weighted by Gasteiger charge is 2.14. The average molecular weight is 314 g/mol. The van der Waals surface area contributed by atoms with Crippen LogP contribution >= 0.6 is 0 Å². The molecule has 120 valence electrons. The quantitative estimate of drug-likeness (QED) is 0.709. The van der Waals surface area contributed by atoms with Crippen LogP contribution in [0.2, 0.25) is 0 Å². The lowest BCUT2D eigenvalue weighted by atomic mass is 10.2. The Kier molecular flexibility index (Phi) is 4.05. The van der Waals surface area contributed by atoms with Crippen molar-refractivity contribution in [2.75, 3.05) is 11.9 Å². The van der Waals surface area contributed by atoms with Gasteiger partial charge in [0.05, 0.1) is 6.54 Å². The Balaban J connectivity index is 1.81. The summed E-state index contributed by atoms with van der Waals surface area (Å²) in [5, 5.41) is 7.87. The van der Waals surface area contributed by atoms with Crippen LogP contribution in [0.5, 0.6) is 0 Å². The molecule has 23 heavy (non-hydrogen) atoms. The molecular formula is C15H18N6O2. The first-order valence-corrected chi connectivity index (χ1v) is 7.33. The maximum atomic E-state index is 5.32. The van der Waals surface area contributed by atoms with Gasteiger partial charge < -0.3 is 13.9 Å². The van der Waals surface area contributed by atoms with E-state index in [1.54, 1.807) is 13.1 Å². The Hall–Kier alpha value is -2.77. The van der Waals surface area contributed by atoms with Gasteiger partial charge in [-0.1, -0.05) is 24.2 Å². The zero-order valence-corrected chi connectivity index (χ0v) is 13.5. The predicted molar refractivity (Wildman–Crippen MR) is 82.8 cm³/mol. The number of aryl methyl sites for hydroxylation is 1. The van der Waals surface area contributed by atoms with Gasteiger partial charge in [-0.05, 0) is 12.1 Å². The molecule has 3 heterocycles. The smallest absolute Gasteiger partial charge is 0.258 e. The number of pyridine rings is 1. The van der Waals surface area contributed by atoms with Crippen LogP contribution < -0.4 is 4.90 Å². The summed E-state index contributed by atoms with van der Waals surface area (Å²) in [6.07, 6.45) is 1.71. The highest BCUT2D eigenvalue weighted by molar-refractivity contribution is 5.58. The molecule has 0 aliphatic heterocycles. The van der Waals surface area contributed by atoms with Crippen LogP contribution in [-0.2, 0) is 6.54 Å². The summed E-state index contributed by atoms with van der Waals surface area (Å²) < 4.78 is 10.3. The SMILES string of the molecule is Cc1nc(CN(C)c2cc(-c3nc(C(C)C)no3)ccn2)no1. The fraction of sp³-hybridized carbons (Fsp3) is 0.400. The molecule has 0 spiro atoms. The van der Waals surface area contributed by atoms with Gasteiger partial charge in [-0.3, -0.25) is 0 Å². The summed E-state index contributed by atoms with van der Waals surface area (Å²) in [4.78, 5) is 14.9. The molecule has 0 aliphatic rings. The Morgan fingerprint density at radius 1 is 1.17 bits per heavy atom. The minimum atomic E-state index is 0.220. The number of anilines is 1. The number of nitrogens with zero attached hydrogens (tertiary/aromatic N) is 6. The minimum Gasteiger partial charge on any atom is -0.352 e. The Morgan fingerprint density at radius 3 is 2.65 bits per heavy atom. The highest BCUT2D eigenvalue weighted by Crippen LogP contribution is 2.23. The molecule has 8 heteroatoms. The molecule has 0 fully saturated rings. The molecule has 3 aromatic heterocycles. The van der Waals surface area contributed by atoms with Crippen molar-refractivity contribution in [3.63, 3.8) is 0 Å². The zero-order valence-electron chi connectivity index (χ0n) is 13.5. The number of aromatic nitrogens is 5. The Bertz CT molecular complexity index is 795. The molecule has 8 nitrogen and oxygen atoms in total. The summed E-state index contributed by atoms with van der Waals surface area (Å²) in [5.41, 5.74) is 0.825. The first-order chi connectivity index (χ1) is 11.0. The van der Waals surface area contributed by atoms with E-state index in [1.807, 2.05) is 37.9 Å². The molecule has 0 saturated heterocycles. The normalized spacial score (nSPS) is 11.2. The van der Waals surface area contributed by atoms with E-state index < -0.39 is 0 Å². The van der Waals surface area contributed by atoms with Crippen LogP contribution in [0.4, 0.5) is 5.82 Å². The third-order valence-corrected chi connectivity index (χ3v) is 3.29. The maximum Gasteiger partial charge on any atom is 0.258 e. The maximum absolute atomic E-state index is 5.32. The fourth-order valence-corrected chi connectivity index (χ4v) is 2.05. The van der Waals surface area contributed by atoms with E-state index in [4.69, 9.17) is 9.05 Å². The van der Waals surface area contributed by atoms with E-state index in [2.05, 4.69) is 25.3 Å². The summed E-state index contributed by atoms with van der Waals surface area (Å²) in [5.74, 6) is 3.31. The van der Waals surface area contributed by atoms with Gasteiger partial charge in [0.1, 0.15) is 5.82 Å². The molecule has 0 aliphatic carbocycles. The average Bonchev–Trinajstić information content (AvgIpc) is 3.17. The third kappa shape index (κ3) is 3.36. The van der Waals surface area contributed by atoms with Crippen LogP contribution in [-0.4, -0.2) is 32.3 Å². The molecule has 3 aromatic rings. The molecule has 0 aromatic carbocycles. The lowest BCUT2D eigenvalue weighted by Gasteiger charge is -2.16. The van der Waals surface area contributed by atoms with Gasteiger partial charge in [-0.2, -0.15) is 9.97 Å². The van der Waals surface area contributed by atoms with Crippen molar-refractivity contribution in [3.05, 3.63) is 35.9 Å². The van der Waals surface area contributed by atoms with Crippen LogP contribution in [0.25, 0.3) is 11.5 Å². The predicted octanol–water partition coefficient (Wildman–Crippen LogP) is 2.58. The molecule has 0 N–H and O–H groups in total. The third-order valence-electron chi connectivity index (χ3n) is 3.29. The molecule has 0 atom stereocenters. The van der Waals surface area contributed by atoms with Crippen molar-refractivity contribution < 1.29 is 9.05 Å². The van der Waals surface area contributed by atoms with Crippen molar-refractivity contribution in [1.82, 2.24) is 25.3 Å². The molecule has 0 bridgehead atoms. The summed E-state index contributed by atoms with van der Waals surface area (Å²) in [6, 6.07) is 3.73. The molecule has 0 saturated carbocycles. The lowest BCUT2D eigenvalue weighted by Crippen LogP contribution is -2.18.